The molecule has 1 aliphatic carbocycles. The molecule has 0 aromatic carbocycles. The number of nitrogens with zero attached hydrogens (tertiary/aromatic N) is 1. The number of carboxylic acid groups (broad SMARTS) is 1. The Balaban J connectivity index is 2.03. The van der Waals surface area contributed by atoms with Gasteiger partial charge in [-0.3, -0.25) is 9.69 Å². The molecule has 3 nitrogen and oxygen atoms in total. The summed E-state index contributed by atoms with van der Waals surface area (Å²) in [6, 6.07) is 0.611. The Kier molecular flexibility index (Phi) is 3.48. The zero-order chi connectivity index (χ0) is 12.6. The van der Waals surface area contributed by atoms with Crippen molar-refractivity contribution in [3.05, 3.63) is 0 Å². The molecule has 3 heteroatoms. The van der Waals surface area contributed by atoms with Crippen LogP contribution in [-0.4, -0.2) is 35.1 Å². The zero-order valence-electron chi connectivity index (χ0n) is 11.3. The molecular formula is C14H25NO2. The highest BCUT2D eigenvalue weighted by Gasteiger charge is 2.44. The molecule has 0 bridgehead atoms. The van der Waals surface area contributed by atoms with Crippen LogP contribution in [0.25, 0.3) is 0 Å². The smallest absolute Gasteiger partial charge is 0.310 e. The van der Waals surface area contributed by atoms with Crippen molar-refractivity contribution in [2.45, 2.75) is 52.5 Å². The topological polar surface area (TPSA) is 40.5 Å². The van der Waals surface area contributed by atoms with Crippen LogP contribution >= 0.6 is 0 Å². The maximum atomic E-state index is 11.3. The molecule has 17 heavy (non-hydrogen) atoms. The summed E-state index contributed by atoms with van der Waals surface area (Å²) < 4.78 is 0. The monoisotopic (exact) mass is 239 g/mol. The van der Waals surface area contributed by atoms with Gasteiger partial charge in [0.1, 0.15) is 0 Å². The van der Waals surface area contributed by atoms with Gasteiger partial charge in [-0.15, -0.1) is 0 Å². The minimum absolute atomic E-state index is 0.513. The van der Waals surface area contributed by atoms with E-state index in [1.54, 1.807) is 0 Å². The lowest BCUT2D eigenvalue weighted by Gasteiger charge is -2.40. The standard InChI is InChI=1S/C14H25NO2/c1-10-5-4-6-12(11(10)2)15-8-7-14(3,9-15)13(16)17/h10-12H,4-9H2,1-3H3,(H,16,17). The highest BCUT2D eigenvalue weighted by Crippen LogP contribution is 2.38. The molecule has 98 valence electrons. The predicted molar refractivity (Wildman–Crippen MR) is 67.9 cm³/mol. The second-order valence-corrected chi connectivity index (χ2v) is 6.42. The first-order valence-corrected chi connectivity index (χ1v) is 6.91. The summed E-state index contributed by atoms with van der Waals surface area (Å²) in [7, 11) is 0. The van der Waals surface area contributed by atoms with E-state index in [0.717, 1.165) is 25.4 Å². The van der Waals surface area contributed by atoms with Crippen LogP contribution in [0, 0.1) is 17.3 Å². The minimum atomic E-state index is -0.628. The Bertz CT molecular complexity index is 305. The van der Waals surface area contributed by atoms with Crippen LogP contribution in [0.4, 0.5) is 0 Å². The molecule has 0 radical (unpaired) electrons. The van der Waals surface area contributed by atoms with Crippen LogP contribution in [0.5, 0.6) is 0 Å². The molecule has 4 atom stereocenters. The Morgan fingerprint density at radius 2 is 2.06 bits per heavy atom. The van der Waals surface area contributed by atoms with Gasteiger partial charge in [0.2, 0.25) is 0 Å². The van der Waals surface area contributed by atoms with Crippen LogP contribution < -0.4 is 0 Å². The van der Waals surface area contributed by atoms with Crippen LogP contribution in [0.3, 0.4) is 0 Å². The Morgan fingerprint density at radius 1 is 1.35 bits per heavy atom. The lowest BCUT2D eigenvalue weighted by Crippen LogP contribution is -2.44. The van der Waals surface area contributed by atoms with Gasteiger partial charge >= 0.3 is 5.97 Å². The maximum absolute atomic E-state index is 11.3. The summed E-state index contributed by atoms with van der Waals surface area (Å²) in [5.74, 6) is 0.863. The van der Waals surface area contributed by atoms with Gasteiger partial charge in [0.05, 0.1) is 5.41 Å². The number of rotatable bonds is 2. The van der Waals surface area contributed by atoms with E-state index in [1.165, 1.54) is 19.3 Å². The average molecular weight is 239 g/mol. The van der Waals surface area contributed by atoms with Crippen molar-refractivity contribution in [2.75, 3.05) is 13.1 Å². The molecule has 1 saturated heterocycles. The fourth-order valence-electron chi connectivity index (χ4n) is 3.52. The number of likely N-dealkylation sites (tertiary alicyclic amines) is 1. The van der Waals surface area contributed by atoms with E-state index >= 15 is 0 Å². The van der Waals surface area contributed by atoms with Crippen LogP contribution in [0.2, 0.25) is 0 Å². The lowest BCUT2D eigenvalue weighted by molar-refractivity contribution is -0.147. The predicted octanol–water partition coefficient (Wildman–Crippen LogP) is 2.61. The molecule has 1 N–H and O–H groups in total. The van der Waals surface area contributed by atoms with Crippen molar-refractivity contribution in [1.29, 1.82) is 0 Å². The molecule has 2 aliphatic rings. The number of hydrogen-bond acceptors (Lipinski definition) is 2. The van der Waals surface area contributed by atoms with Crippen molar-refractivity contribution in [3.63, 3.8) is 0 Å². The third kappa shape index (κ3) is 2.35. The average Bonchev–Trinajstić information content (AvgIpc) is 2.66. The Labute approximate surface area is 104 Å². The highest BCUT2D eigenvalue weighted by atomic mass is 16.4. The van der Waals surface area contributed by atoms with E-state index < -0.39 is 11.4 Å². The van der Waals surface area contributed by atoms with Crippen LogP contribution in [0.15, 0.2) is 0 Å². The van der Waals surface area contributed by atoms with Gasteiger partial charge in [-0.25, -0.2) is 0 Å². The van der Waals surface area contributed by atoms with Crippen LogP contribution in [-0.2, 0) is 4.79 Å². The highest BCUT2D eigenvalue weighted by molar-refractivity contribution is 5.74. The second-order valence-electron chi connectivity index (χ2n) is 6.42. The molecule has 2 fully saturated rings. The first-order chi connectivity index (χ1) is 7.94. The van der Waals surface area contributed by atoms with E-state index in [2.05, 4.69) is 18.7 Å². The van der Waals surface area contributed by atoms with Crippen molar-refractivity contribution in [2.24, 2.45) is 17.3 Å². The third-order valence-corrected chi connectivity index (χ3v) is 5.15. The van der Waals surface area contributed by atoms with Crippen LogP contribution in [0.1, 0.15) is 46.5 Å². The summed E-state index contributed by atoms with van der Waals surface area (Å²) in [6.45, 7) is 8.27. The Hall–Kier alpha value is -0.570. The molecule has 2 rings (SSSR count). The first-order valence-electron chi connectivity index (χ1n) is 6.91. The fraction of sp³-hybridized carbons (Fsp3) is 0.929. The van der Waals surface area contributed by atoms with Crippen molar-refractivity contribution >= 4 is 5.97 Å². The van der Waals surface area contributed by atoms with Crippen molar-refractivity contribution in [1.82, 2.24) is 4.90 Å². The van der Waals surface area contributed by atoms with E-state index in [4.69, 9.17) is 0 Å². The van der Waals surface area contributed by atoms with Gasteiger partial charge in [-0.05, 0) is 38.1 Å². The number of hydrogen-bond donors (Lipinski definition) is 1. The molecular weight excluding hydrogens is 214 g/mol. The largest absolute Gasteiger partial charge is 0.481 e. The van der Waals surface area contributed by atoms with Gasteiger partial charge < -0.3 is 5.11 Å². The van der Waals surface area contributed by atoms with E-state index in [0.29, 0.717) is 12.0 Å². The number of aliphatic carboxylic acids is 1. The van der Waals surface area contributed by atoms with Crippen molar-refractivity contribution < 1.29 is 9.90 Å². The van der Waals surface area contributed by atoms with Gasteiger partial charge in [-0.1, -0.05) is 26.7 Å². The zero-order valence-corrected chi connectivity index (χ0v) is 11.3. The molecule has 0 amide bonds. The summed E-state index contributed by atoms with van der Waals surface area (Å²) in [5.41, 5.74) is -0.513. The lowest BCUT2D eigenvalue weighted by atomic mass is 9.77. The van der Waals surface area contributed by atoms with E-state index in [1.807, 2.05) is 6.92 Å². The normalized spacial score (nSPS) is 43.8. The fourth-order valence-corrected chi connectivity index (χ4v) is 3.52. The molecule has 1 saturated carbocycles. The van der Waals surface area contributed by atoms with Gasteiger partial charge in [0, 0.05) is 12.6 Å². The second kappa shape index (κ2) is 4.60. The summed E-state index contributed by atoms with van der Waals surface area (Å²) in [4.78, 5) is 13.7. The SMILES string of the molecule is CC1CCCC(N2CCC(C)(C(=O)O)C2)C1C. The molecule has 0 aromatic heterocycles. The first kappa shape index (κ1) is 12.9. The van der Waals surface area contributed by atoms with E-state index in [9.17, 15) is 9.90 Å². The Morgan fingerprint density at radius 3 is 2.65 bits per heavy atom. The molecule has 4 unspecified atom stereocenters. The molecule has 1 heterocycles. The van der Waals surface area contributed by atoms with Gasteiger partial charge in [0.15, 0.2) is 0 Å². The molecule has 0 aromatic rings. The molecule has 1 aliphatic heterocycles. The third-order valence-electron chi connectivity index (χ3n) is 5.15. The number of carbonyl (C=O) groups is 1. The quantitative estimate of drug-likeness (QED) is 0.805. The summed E-state index contributed by atoms with van der Waals surface area (Å²) >= 11 is 0. The van der Waals surface area contributed by atoms with E-state index in [-0.39, 0.29) is 0 Å². The summed E-state index contributed by atoms with van der Waals surface area (Å²) in [6.07, 6.45) is 4.69. The number of carboxylic acids is 1. The van der Waals surface area contributed by atoms with Crippen molar-refractivity contribution in [3.8, 4) is 0 Å². The molecule has 0 spiro atoms. The maximum Gasteiger partial charge on any atom is 0.310 e. The summed E-state index contributed by atoms with van der Waals surface area (Å²) in [5, 5.41) is 9.28. The van der Waals surface area contributed by atoms with Gasteiger partial charge in [0.25, 0.3) is 0 Å². The van der Waals surface area contributed by atoms with Gasteiger partial charge in [-0.2, -0.15) is 0 Å². The minimum Gasteiger partial charge on any atom is -0.481 e.